The van der Waals surface area contributed by atoms with E-state index in [2.05, 4.69) is 15.2 Å². The molecule has 35 heavy (non-hydrogen) atoms. The Labute approximate surface area is 205 Å². The number of imide groups is 1. The molecule has 0 aromatic heterocycles. The van der Waals surface area contributed by atoms with Crippen LogP contribution in [0.25, 0.3) is 0 Å². The van der Waals surface area contributed by atoms with Gasteiger partial charge in [0.2, 0.25) is 21.8 Å². The summed E-state index contributed by atoms with van der Waals surface area (Å²) in [4.78, 5) is 28.0. The molecule has 2 amide bonds. The summed E-state index contributed by atoms with van der Waals surface area (Å²) in [5, 5.41) is 14.2. The normalized spacial score (nSPS) is 17.7. The minimum absolute atomic E-state index is 0.0113. The Morgan fingerprint density at radius 3 is 2.46 bits per heavy atom. The molecule has 11 heteroatoms. The van der Waals surface area contributed by atoms with E-state index in [4.69, 9.17) is 10.9 Å². The van der Waals surface area contributed by atoms with Gasteiger partial charge in [0, 0.05) is 12.1 Å². The van der Waals surface area contributed by atoms with Crippen molar-refractivity contribution in [1.82, 2.24) is 14.9 Å². The predicted molar refractivity (Wildman–Crippen MR) is 132 cm³/mol. The van der Waals surface area contributed by atoms with E-state index in [1.165, 1.54) is 6.92 Å². The van der Waals surface area contributed by atoms with Gasteiger partial charge >= 0.3 is 0 Å². The van der Waals surface area contributed by atoms with Crippen LogP contribution in [0.2, 0.25) is 0 Å². The van der Waals surface area contributed by atoms with E-state index in [0.29, 0.717) is 25.1 Å². The van der Waals surface area contributed by atoms with E-state index in [9.17, 15) is 18.0 Å². The van der Waals surface area contributed by atoms with E-state index in [1.54, 1.807) is 36.4 Å². The van der Waals surface area contributed by atoms with Crippen molar-refractivity contribution in [2.45, 2.75) is 44.8 Å². The summed E-state index contributed by atoms with van der Waals surface area (Å²) in [6, 6.07) is 14.5. The van der Waals surface area contributed by atoms with Crippen LogP contribution in [0.15, 0.2) is 59.8 Å². The van der Waals surface area contributed by atoms with Crippen LogP contribution in [0.5, 0.6) is 0 Å². The number of nitrogens with zero attached hydrogens (tertiary/aromatic N) is 2. The van der Waals surface area contributed by atoms with Crippen molar-refractivity contribution >= 4 is 27.7 Å². The Hall–Kier alpha value is -3.28. The molecule has 2 atom stereocenters. The molecule has 1 fully saturated rings. The third-order valence-electron chi connectivity index (χ3n) is 5.96. The first-order valence-corrected chi connectivity index (χ1v) is 13.1. The van der Waals surface area contributed by atoms with Crippen LogP contribution in [0.4, 0.5) is 0 Å². The largest absolute Gasteiger partial charge is 0.409 e. The fourth-order valence-corrected chi connectivity index (χ4v) is 4.81. The van der Waals surface area contributed by atoms with Crippen molar-refractivity contribution in [2.75, 3.05) is 12.3 Å². The van der Waals surface area contributed by atoms with Gasteiger partial charge < -0.3 is 10.9 Å². The van der Waals surface area contributed by atoms with E-state index in [-0.39, 0.29) is 18.0 Å². The molecule has 0 spiro atoms. The highest BCUT2D eigenvalue weighted by Crippen LogP contribution is 2.21. The number of oxime groups is 1. The van der Waals surface area contributed by atoms with Gasteiger partial charge in [-0.3, -0.25) is 19.8 Å². The molecule has 1 heterocycles. The molecule has 0 unspecified atom stereocenters. The molecule has 2 aromatic carbocycles. The lowest BCUT2D eigenvalue weighted by Gasteiger charge is -2.25. The molecular weight excluding hydrogens is 470 g/mol. The van der Waals surface area contributed by atoms with Crippen LogP contribution in [-0.4, -0.2) is 60.6 Å². The van der Waals surface area contributed by atoms with E-state index in [1.807, 2.05) is 23.1 Å². The van der Waals surface area contributed by atoms with Gasteiger partial charge in [-0.15, -0.1) is 0 Å². The van der Waals surface area contributed by atoms with Gasteiger partial charge in [-0.25, -0.2) is 13.1 Å². The molecule has 3 rings (SSSR count). The number of rotatable bonds is 10. The SMILES string of the molecule is CCS(=O)(=O)N[C@H](Cc1ccccc1)C(=O)NC(=O)[C@@H]1CCCN1Cc1ccc(C(N)=NO)cc1. The fraction of sp³-hybridized carbons (Fsp3) is 0.375. The first kappa shape index (κ1) is 26.3. The first-order valence-electron chi connectivity index (χ1n) is 11.4. The lowest BCUT2D eigenvalue weighted by Crippen LogP contribution is -2.53. The van der Waals surface area contributed by atoms with E-state index < -0.39 is 33.9 Å². The van der Waals surface area contributed by atoms with Crippen LogP contribution < -0.4 is 15.8 Å². The first-order chi connectivity index (χ1) is 16.7. The molecule has 1 saturated heterocycles. The Kier molecular flexibility index (Phi) is 8.96. The Morgan fingerprint density at radius 1 is 1.14 bits per heavy atom. The number of amides is 2. The Balaban J connectivity index is 1.67. The number of nitrogens with two attached hydrogens (primary N) is 1. The molecule has 0 bridgehead atoms. The molecule has 0 saturated carbocycles. The highest BCUT2D eigenvalue weighted by atomic mass is 32.2. The Morgan fingerprint density at radius 2 is 1.83 bits per heavy atom. The minimum atomic E-state index is -3.67. The van der Waals surface area contributed by atoms with E-state index >= 15 is 0 Å². The zero-order valence-corrected chi connectivity index (χ0v) is 20.4. The number of hydrogen-bond donors (Lipinski definition) is 4. The molecule has 0 aliphatic carbocycles. The van der Waals surface area contributed by atoms with E-state index in [0.717, 1.165) is 17.5 Å². The van der Waals surface area contributed by atoms with Gasteiger partial charge in [-0.1, -0.05) is 59.8 Å². The molecule has 1 aliphatic heterocycles. The van der Waals surface area contributed by atoms with Crippen LogP contribution in [0.3, 0.4) is 0 Å². The average molecular weight is 502 g/mol. The number of carbonyl (C=O) groups is 2. The van der Waals surface area contributed by atoms with Crippen molar-refractivity contribution in [1.29, 1.82) is 0 Å². The summed E-state index contributed by atoms with van der Waals surface area (Å²) < 4.78 is 26.8. The highest BCUT2D eigenvalue weighted by molar-refractivity contribution is 7.89. The minimum Gasteiger partial charge on any atom is -0.409 e. The molecular formula is C24H31N5O5S. The number of amidine groups is 1. The van der Waals surface area contributed by atoms with Crippen molar-refractivity contribution in [3.05, 3.63) is 71.3 Å². The van der Waals surface area contributed by atoms with Gasteiger partial charge in [-0.05, 0) is 43.9 Å². The second-order valence-electron chi connectivity index (χ2n) is 8.43. The fourth-order valence-electron chi connectivity index (χ4n) is 4.02. The number of benzene rings is 2. The molecule has 2 aromatic rings. The topological polar surface area (TPSA) is 154 Å². The average Bonchev–Trinajstić information content (AvgIpc) is 3.32. The maximum atomic E-state index is 13.0. The number of hydrogen-bond acceptors (Lipinski definition) is 7. The smallest absolute Gasteiger partial charge is 0.245 e. The van der Waals surface area contributed by atoms with Crippen LogP contribution >= 0.6 is 0 Å². The molecule has 0 radical (unpaired) electrons. The second-order valence-corrected chi connectivity index (χ2v) is 10.5. The van der Waals surface area contributed by atoms with Gasteiger partial charge in [0.1, 0.15) is 6.04 Å². The lowest BCUT2D eigenvalue weighted by molar-refractivity contribution is -0.134. The number of carbonyl (C=O) groups excluding carboxylic acids is 2. The quantitative estimate of drug-likeness (QED) is 0.163. The number of likely N-dealkylation sites (tertiary alicyclic amines) is 1. The zero-order chi connectivity index (χ0) is 25.4. The molecule has 1 aliphatic rings. The summed E-state index contributed by atoms with van der Waals surface area (Å²) in [6.45, 7) is 2.65. The zero-order valence-electron chi connectivity index (χ0n) is 19.6. The van der Waals surface area contributed by atoms with Crippen LogP contribution in [-0.2, 0) is 32.6 Å². The van der Waals surface area contributed by atoms with Gasteiger partial charge in [0.15, 0.2) is 5.84 Å². The van der Waals surface area contributed by atoms with Crippen molar-refractivity contribution < 1.29 is 23.2 Å². The van der Waals surface area contributed by atoms with Gasteiger partial charge in [-0.2, -0.15) is 0 Å². The summed E-state index contributed by atoms with van der Waals surface area (Å²) in [5.74, 6) is -1.29. The van der Waals surface area contributed by atoms with Gasteiger partial charge in [0.05, 0.1) is 11.8 Å². The summed E-state index contributed by atoms with van der Waals surface area (Å²) in [6.07, 6.45) is 1.51. The molecule has 5 N–H and O–H groups in total. The maximum Gasteiger partial charge on any atom is 0.245 e. The highest BCUT2D eigenvalue weighted by Gasteiger charge is 2.33. The van der Waals surface area contributed by atoms with Crippen molar-refractivity contribution in [2.24, 2.45) is 10.9 Å². The van der Waals surface area contributed by atoms with Crippen molar-refractivity contribution in [3.63, 3.8) is 0 Å². The third-order valence-corrected chi connectivity index (χ3v) is 7.36. The van der Waals surface area contributed by atoms with Crippen LogP contribution in [0.1, 0.15) is 36.5 Å². The Bertz CT molecular complexity index is 1150. The maximum absolute atomic E-state index is 13.0. The summed E-state index contributed by atoms with van der Waals surface area (Å²) in [5.41, 5.74) is 7.89. The molecule has 10 nitrogen and oxygen atoms in total. The van der Waals surface area contributed by atoms with Crippen molar-refractivity contribution in [3.8, 4) is 0 Å². The lowest BCUT2D eigenvalue weighted by atomic mass is 10.1. The standard InChI is InChI=1S/C24H31N5O5S/c1-2-35(33,34)28-20(15-17-7-4-3-5-8-17)23(30)26-24(31)21-9-6-14-29(21)16-18-10-12-19(13-11-18)22(25)27-32/h3-5,7-8,10-13,20-21,28,32H,2,6,9,14-16H2,1H3,(H2,25,27)(H,26,30,31)/t20-,21+/m1/s1. The summed E-state index contributed by atoms with van der Waals surface area (Å²) >= 11 is 0. The van der Waals surface area contributed by atoms with Gasteiger partial charge in [0.25, 0.3) is 0 Å². The number of nitrogens with one attached hydrogen (secondary N) is 2. The predicted octanol–water partition coefficient (Wildman–Crippen LogP) is 0.939. The summed E-state index contributed by atoms with van der Waals surface area (Å²) in [7, 11) is -3.67. The monoisotopic (exact) mass is 501 g/mol. The van der Waals surface area contributed by atoms with Crippen LogP contribution in [0, 0.1) is 0 Å². The third kappa shape index (κ3) is 7.35. The number of sulfonamides is 1. The molecule has 188 valence electrons. The second kappa shape index (κ2) is 11.9.